The van der Waals surface area contributed by atoms with E-state index in [1.54, 1.807) is 18.2 Å². The van der Waals surface area contributed by atoms with E-state index in [1.165, 1.54) is 0 Å². The number of thiocarbonyl (C=S) groups is 1. The number of hydrogen-bond acceptors (Lipinski definition) is 1. The summed E-state index contributed by atoms with van der Waals surface area (Å²) in [5.74, 6) is 0. The molecule has 2 nitrogen and oxygen atoms in total. The van der Waals surface area contributed by atoms with E-state index in [1.807, 2.05) is 24.3 Å². The first-order valence-electron chi connectivity index (χ1n) is 5.79. The topological polar surface area (TPSA) is 24.1 Å². The Hall–Kier alpha value is -1.000. The van der Waals surface area contributed by atoms with Crippen LogP contribution in [0.25, 0.3) is 0 Å². The van der Waals surface area contributed by atoms with Gasteiger partial charge < -0.3 is 10.6 Å². The summed E-state index contributed by atoms with van der Waals surface area (Å²) >= 11 is 23.1. The van der Waals surface area contributed by atoms with Gasteiger partial charge in [0.1, 0.15) is 0 Å². The largest absolute Gasteiger partial charge is 0.358 e. The Morgan fingerprint density at radius 1 is 1.00 bits per heavy atom. The maximum Gasteiger partial charge on any atom is 0.171 e. The van der Waals surface area contributed by atoms with Gasteiger partial charge in [-0.15, -0.1) is 0 Å². The van der Waals surface area contributed by atoms with Crippen molar-refractivity contribution in [2.45, 2.75) is 6.54 Å². The zero-order valence-electron chi connectivity index (χ0n) is 10.3. The van der Waals surface area contributed by atoms with Crippen LogP contribution in [0.3, 0.4) is 0 Å². The zero-order valence-corrected chi connectivity index (χ0v) is 13.4. The molecule has 6 heteroatoms. The van der Waals surface area contributed by atoms with E-state index >= 15 is 0 Å². The quantitative estimate of drug-likeness (QED) is 0.754. The van der Waals surface area contributed by atoms with Crippen LogP contribution in [0.1, 0.15) is 5.56 Å². The van der Waals surface area contributed by atoms with Gasteiger partial charge in [0.15, 0.2) is 5.11 Å². The fourth-order valence-corrected chi connectivity index (χ4v) is 2.32. The van der Waals surface area contributed by atoms with Gasteiger partial charge in [0, 0.05) is 16.6 Å². The Bertz CT molecular complexity index is 632. The van der Waals surface area contributed by atoms with Gasteiger partial charge in [-0.05, 0) is 48.1 Å². The van der Waals surface area contributed by atoms with E-state index in [0.717, 1.165) is 5.56 Å². The molecule has 0 atom stereocenters. The SMILES string of the molecule is S=C(NCc1cccc(Cl)c1)Nc1cc(Cl)ccc1Cl. The van der Waals surface area contributed by atoms with Crippen molar-refractivity contribution < 1.29 is 0 Å². The second-order valence-corrected chi connectivity index (χ2v) is 5.75. The van der Waals surface area contributed by atoms with E-state index < -0.39 is 0 Å². The molecule has 0 aliphatic heterocycles. The minimum atomic E-state index is 0.467. The van der Waals surface area contributed by atoms with Crippen LogP contribution < -0.4 is 10.6 Å². The second-order valence-electron chi connectivity index (χ2n) is 4.06. The molecule has 0 amide bonds. The molecule has 0 aliphatic carbocycles. The first-order chi connectivity index (χ1) is 9.54. The van der Waals surface area contributed by atoms with Crippen LogP contribution >= 0.6 is 47.0 Å². The highest BCUT2D eigenvalue weighted by Gasteiger charge is 2.04. The summed E-state index contributed by atoms with van der Waals surface area (Å²) in [6.07, 6.45) is 0. The number of benzene rings is 2. The summed E-state index contributed by atoms with van der Waals surface area (Å²) in [7, 11) is 0. The number of halogens is 3. The summed E-state index contributed by atoms with van der Waals surface area (Å²) in [5, 5.41) is 8.40. The van der Waals surface area contributed by atoms with E-state index in [9.17, 15) is 0 Å². The number of anilines is 1. The van der Waals surface area contributed by atoms with Crippen LogP contribution in [0.2, 0.25) is 15.1 Å². The molecule has 0 aromatic heterocycles. The summed E-state index contributed by atoms with van der Waals surface area (Å²) in [5.41, 5.74) is 1.71. The molecule has 0 fully saturated rings. The van der Waals surface area contributed by atoms with Gasteiger partial charge in [0.05, 0.1) is 10.7 Å². The van der Waals surface area contributed by atoms with Crippen molar-refractivity contribution in [3.8, 4) is 0 Å². The Morgan fingerprint density at radius 2 is 1.75 bits per heavy atom. The molecular formula is C14H11Cl3N2S. The molecule has 20 heavy (non-hydrogen) atoms. The maximum absolute atomic E-state index is 6.05. The summed E-state index contributed by atoms with van der Waals surface area (Å²) < 4.78 is 0. The molecule has 0 spiro atoms. The van der Waals surface area contributed by atoms with E-state index in [2.05, 4.69) is 10.6 Å². The Balaban J connectivity index is 1.94. The van der Waals surface area contributed by atoms with Gasteiger partial charge >= 0.3 is 0 Å². The molecule has 0 heterocycles. The molecular weight excluding hydrogens is 335 g/mol. The first kappa shape index (κ1) is 15.4. The highest BCUT2D eigenvalue weighted by molar-refractivity contribution is 7.80. The molecule has 0 bridgehead atoms. The molecule has 2 aromatic carbocycles. The zero-order chi connectivity index (χ0) is 14.5. The number of hydrogen-bond donors (Lipinski definition) is 2. The fraction of sp³-hybridized carbons (Fsp3) is 0.0714. The maximum atomic E-state index is 6.05. The van der Waals surface area contributed by atoms with E-state index in [-0.39, 0.29) is 0 Å². The average Bonchev–Trinajstić information content (AvgIpc) is 2.41. The lowest BCUT2D eigenvalue weighted by atomic mass is 10.2. The normalized spacial score (nSPS) is 10.2. The van der Waals surface area contributed by atoms with Crippen molar-refractivity contribution in [1.82, 2.24) is 5.32 Å². The fourth-order valence-electron chi connectivity index (χ4n) is 1.59. The minimum Gasteiger partial charge on any atom is -0.358 e. The summed E-state index contributed by atoms with van der Waals surface area (Å²) in [6.45, 7) is 0.574. The third-order valence-corrected chi connectivity index (χ3v) is 3.56. The Kier molecular flexibility index (Phi) is 5.49. The van der Waals surface area contributed by atoms with E-state index in [0.29, 0.717) is 32.4 Å². The van der Waals surface area contributed by atoms with Crippen molar-refractivity contribution in [3.05, 3.63) is 63.1 Å². The van der Waals surface area contributed by atoms with Crippen LogP contribution in [-0.4, -0.2) is 5.11 Å². The predicted octanol–water partition coefficient (Wildman–Crippen LogP) is 5.13. The van der Waals surface area contributed by atoms with Crippen molar-refractivity contribution in [2.75, 3.05) is 5.32 Å². The van der Waals surface area contributed by atoms with Crippen molar-refractivity contribution in [3.63, 3.8) is 0 Å². The monoisotopic (exact) mass is 344 g/mol. The second kappa shape index (κ2) is 7.14. The predicted molar refractivity (Wildman–Crippen MR) is 91.0 cm³/mol. The summed E-state index contributed by atoms with van der Waals surface area (Å²) in [4.78, 5) is 0. The molecule has 0 unspecified atom stereocenters. The molecule has 0 aliphatic rings. The molecule has 2 N–H and O–H groups in total. The molecule has 0 radical (unpaired) electrons. The molecule has 2 rings (SSSR count). The van der Waals surface area contributed by atoms with Gasteiger partial charge in [-0.25, -0.2) is 0 Å². The summed E-state index contributed by atoms with van der Waals surface area (Å²) in [6, 6.07) is 12.7. The average molecular weight is 346 g/mol. The van der Waals surface area contributed by atoms with Crippen LogP contribution in [0.15, 0.2) is 42.5 Å². The van der Waals surface area contributed by atoms with Gasteiger partial charge in [-0.1, -0.05) is 46.9 Å². The van der Waals surface area contributed by atoms with Crippen LogP contribution in [0, 0.1) is 0 Å². The molecule has 0 saturated carbocycles. The van der Waals surface area contributed by atoms with Crippen molar-refractivity contribution in [2.24, 2.45) is 0 Å². The van der Waals surface area contributed by atoms with Crippen molar-refractivity contribution in [1.29, 1.82) is 0 Å². The minimum absolute atomic E-state index is 0.467. The first-order valence-corrected chi connectivity index (χ1v) is 7.33. The third kappa shape index (κ3) is 4.53. The lowest BCUT2D eigenvalue weighted by Gasteiger charge is -2.12. The highest BCUT2D eigenvalue weighted by atomic mass is 35.5. The lowest BCUT2D eigenvalue weighted by Crippen LogP contribution is -2.28. The van der Waals surface area contributed by atoms with E-state index in [4.69, 9.17) is 47.0 Å². The van der Waals surface area contributed by atoms with Gasteiger partial charge in [0.2, 0.25) is 0 Å². The highest BCUT2D eigenvalue weighted by Crippen LogP contribution is 2.25. The molecule has 0 saturated heterocycles. The van der Waals surface area contributed by atoms with Gasteiger partial charge in [-0.2, -0.15) is 0 Å². The van der Waals surface area contributed by atoms with Gasteiger partial charge in [0.25, 0.3) is 0 Å². The Labute approximate surface area is 138 Å². The smallest absolute Gasteiger partial charge is 0.171 e. The molecule has 2 aromatic rings. The van der Waals surface area contributed by atoms with Crippen LogP contribution in [-0.2, 0) is 6.54 Å². The van der Waals surface area contributed by atoms with Crippen LogP contribution in [0.4, 0.5) is 5.69 Å². The van der Waals surface area contributed by atoms with Crippen molar-refractivity contribution >= 4 is 57.8 Å². The number of rotatable bonds is 3. The Morgan fingerprint density at radius 3 is 2.50 bits per heavy atom. The molecule has 104 valence electrons. The lowest BCUT2D eigenvalue weighted by molar-refractivity contribution is 0.926. The standard InChI is InChI=1S/C14H11Cl3N2S/c15-10-3-1-2-9(6-10)8-18-14(20)19-13-7-11(16)4-5-12(13)17/h1-7H,8H2,(H2,18,19,20). The van der Waals surface area contributed by atoms with Gasteiger partial charge in [-0.3, -0.25) is 0 Å². The van der Waals surface area contributed by atoms with Crippen LogP contribution in [0.5, 0.6) is 0 Å². The number of nitrogens with one attached hydrogen (secondary N) is 2. The third-order valence-electron chi connectivity index (χ3n) is 2.52.